The standard InChI is InChI=1S/C12H13BrN4/c13-7-3-4-8-10(6-7)16-12(14)17-11(8)9-2-1-5-15-9/h3-4,6,9,15H,1-2,5H2,(H2,14,16,17). The molecular formula is C12H13BrN4. The smallest absolute Gasteiger partial charge is 0.220 e. The number of nitrogens with zero attached hydrogens (tertiary/aromatic N) is 2. The first-order valence-electron chi connectivity index (χ1n) is 5.70. The molecule has 1 fully saturated rings. The zero-order valence-electron chi connectivity index (χ0n) is 9.28. The number of nitrogens with one attached hydrogen (secondary N) is 1. The SMILES string of the molecule is Nc1nc(C2CCCN2)c2ccc(Br)cc2n1. The van der Waals surface area contributed by atoms with Crippen molar-refractivity contribution in [1.29, 1.82) is 0 Å². The maximum Gasteiger partial charge on any atom is 0.220 e. The first-order valence-corrected chi connectivity index (χ1v) is 6.49. The lowest BCUT2D eigenvalue weighted by molar-refractivity contribution is 0.633. The van der Waals surface area contributed by atoms with E-state index >= 15 is 0 Å². The Labute approximate surface area is 108 Å². The Hall–Kier alpha value is -1.20. The van der Waals surface area contributed by atoms with E-state index < -0.39 is 0 Å². The number of aromatic nitrogens is 2. The number of nitrogens with two attached hydrogens (primary N) is 1. The fourth-order valence-corrected chi connectivity index (χ4v) is 2.68. The van der Waals surface area contributed by atoms with E-state index in [0.29, 0.717) is 12.0 Å². The average molecular weight is 293 g/mol. The minimum atomic E-state index is 0.309. The second kappa shape index (κ2) is 4.23. The highest BCUT2D eigenvalue weighted by Gasteiger charge is 2.20. The Morgan fingerprint density at radius 1 is 1.35 bits per heavy atom. The number of nitrogen functional groups attached to an aromatic ring is 1. The highest BCUT2D eigenvalue weighted by molar-refractivity contribution is 9.10. The van der Waals surface area contributed by atoms with E-state index in [1.165, 1.54) is 6.42 Å². The quantitative estimate of drug-likeness (QED) is 0.847. The fraction of sp³-hybridized carbons (Fsp3) is 0.333. The topological polar surface area (TPSA) is 63.8 Å². The number of hydrogen-bond acceptors (Lipinski definition) is 4. The molecule has 1 aromatic carbocycles. The van der Waals surface area contributed by atoms with E-state index in [-0.39, 0.29) is 0 Å². The van der Waals surface area contributed by atoms with E-state index in [1.807, 2.05) is 18.2 Å². The minimum Gasteiger partial charge on any atom is -0.368 e. The Balaban J connectivity index is 2.21. The van der Waals surface area contributed by atoms with Gasteiger partial charge in [-0.1, -0.05) is 15.9 Å². The molecule has 1 unspecified atom stereocenters. The number of benzene rings is 1. The van der Waals surface area contributed by atoms with Crippen LogP contribution in [0, 0.1) is 0 Å². The van der Waals surface area contributed by atoms with E-state index in [2.05, 4.69) is 31.2 Å². The summed E-state index contributed by atoms with van der Waals surface area (Å²) >= 11 is 3.45. The maximum absolute atomic E-state index is 5.78. The summed E-state index contributed by atoms with van der Waals surface area (Å²) in [7, 11) is 0. The van der Waals surface area contributed by atoms with E-state index in [4.69, 9.17) is 5.73 Å². The molecule has 0 amide bonds. The van der Waals surface area contributed by atoms with Gasteiger partial charge in [-0.3, -0.25) is 0 Å². The lowest BCUT2D eigenvalue weighted by Crippen LogP contribution is -2.16. The Kier molecular flexibility index (Phi) is 2.72. The van der Waals surface area contributed by atoms with Gasteiger partial charge in [0.2, 0.25) is 5.95 Å². The highest BCUT2D eigenvalue weighted by atomic mass is 79.9. The molecule has 0 radical (unpaired) electrons. The lowest BCUT2D eigenvalue weighted by atomic mass is 10.1. The zero-order chi connectivity index (χ0) is 11.8. The monoisotopic (exact) mass is 292 g/mol. The first-order chi connectivity index (χ1) is 8.24. The molecular weight excluding hydrogens is 280 g/mol. The first kappa shape index (κ1) is 10.9. The van der Waals surface area contributed by atoms with Crippen molar-refractivity contribution in [2.75, 3.05) is 12.3 Å². The molecule has 3 N–H and O–H groups in total. The molecule has 0 spiro atoms. The van der Waals surface area contributed by atoms with Crippen LogP contribution in [-0.4, -0.2) is 16.5 Å². The van der Waals surface area contributed by atoms with Gasteiger partial charge in [-0.2, -0.15) is 0 Å². The average Bonchev–Trinajstić information content (AvgIpc) is 2.80. The summed E-state index contributed by atoms with van der Waals surface area (Å²) in [5.41, 5.74) is 7.70. The molecule has 3 rings (SSSR count). The van der Waals surface area contributed by atoms with Crippen LogP contribution in [0.1, 0.15) is 24.6 Å². The predicted octanol–water partition coefficient (Wildman–Crippen LogP) is 2.40. The molecule has 0 bridgehead atoms. The van der Waals surface area contributed by atoms with Gasteiger partial charge in [0.1, 0.15) is 0 Å². The number of halogens is 1. The van der Waals surface area contributed by atoms with Gasteiger partial charge >= 0.3 is 0 Å². The summed E-state index contributed by atoms with van der Waals surface area (Å²) in [5.74, 6) is 0.347. The molecule has 1 atom stereocenters. The van der Waals surface area contributed by atoms with Gasteiger partial charge in [-0.15, -0.1) is 0 Å². The predicted molar refractivity (Wildman–Crippen MR) is 71.6 cm³/mol. The number of hydrogen-bond donors (Lipinski definition) is 2. The third kappa shape index (κ3) is 2.00. The number of fused-ring (bicyclic) bond motifs is 1. The maximum atomic E-state index is 5.78. The molecule has 1 saturated heterocycles. The van der Waals surface area contributed by atoms with Gasteiger partial charge in [0.15, 0.2) is 0 Å². The molecule has 88 valence electrons. The van der Waals surface area contributed by atoms with Crippen LogP contribution in [0.4, 0.5) is 5.95 Å². The minimum absolute atomic E-state index is 0.309. The number of anilines is 1. The van der Waals surface area contributed by atoms with Crippen molar-refractivity contribution in [2.24, 2.45) is 0 Å². The van der Waals surface area contributed by atoms with Crippen molar-refractivity contribution >= 4 is 32.8 Å². The molecule has 5 heteroatoms. The molecule has 1 aliphatic heterocycles. The van der Waals surface area contributed by atoms with Crippen LogP contribution in [-0.2, 0) is 0 Å². The fourth-order valence-electron chi connectivity index (χ4n) is 2.33. The normalized spacial score (nSPS) is 19.9. The zero-order valence-corrected chi connectivity index (χ0v) is 10.9. The van der Waals surface area contributed by atoms with Crippen LogP contribution in [0.25, 0.3) is 10.9 Å². The van der Waals surface area contributed by atoms with Crippen LogP contribution >= 0.6 is 15.9 Å². The van der Waals surface area contributed by atoms with Gasteiger partial charge in [0, 0.05) is 9.86 Å². The van der Waals surface area contributed by atoms with Crippen LogP contribution in [0.2, 0.25) is 0 Å². The summed E-state index contributed by atoms with van der Waals surface area (Å²) in [6.07, 6.45) is 2.30. The van der Waals surface area contributed by atoms with Gasteiger partial charge < -0.3 is 11.1 Å². The second-order valence-electron chi connectivity index (χ2n) is 4.28. The molecule has 2 heterocycles. The van der Waals surface area contributed by atoms with Crippen LogP contribution in [0.5, 0.6) is 0 Å². The summed E-state index contributed by atoms with van der Waals surface area (Å²) < 4.78 is 1.01. The van der Waals surface area contributed by atoms with Gasteiger partial charge in [-0.25, -0.2) is 9.97 Å². The molecule has 0 aliphatic carbocycles. The molecule has 4 nitrogen and oxygen atoms in total. The summed E-state index contributed by atoms with van der Waals surface area (Å²) in [6, 6.07) is 6.35. The second-order valence-corrected chi connectivity index (χ2v) is 5.19. The van der Waals surface area contributed by atoms with Crippen molar-refractivity contribution in [3.8, 4) is 0 Å². The third-order valence-corrected chi connectivity index (χ3v) is 3.59. The summed E-state index contributed by atoms with van der Waals surface area (Å²) in [6.45, 7) is 1.05. The van der Waals surface area contributed by atoms with Crippen molar-refractivity contribution in [3.63, 3.8) is 0 Å². The van der Waals surface area contributed by atoms with Crippen molar-refractivity contribution in [1.82, 2.24) is 15.3 Å². The summed E-state index contributed by atoms with van der Waals surface area (Å²) in [5, 5.41) is 4.53. The Bertz CT molecular complexity index is 558. The van der Waals surface area contributed by atoms with Gasteiger partial charge in [-0.05, 0) is 37.6 Å². The third-order valence-electron chi connectivity index (χ3n) is 3.10. The molecule has 2 aromatic rings. The number of rotatable bonds is 1. The molecule has 1 aliphatic rings. The Morgan fingerprint density at radius 3 is 3.00 bits per heavy atom. The Morgan fingerprint density at radius 2 is 2.24 bits per heavy atom. The van der Waals surface area contributed by atoms with E-state index in [0.717, 1.165) is 34.0 Å². The molecule has 1 aromatic heterocycles. The molecule has 17 heavy (non-hydrogen) atoms. The van der Waals surface area contributed by atoms with Crippen LogP contribution < -0.4 is 11.1 Å². The highest BCUT2D eigenvalue weighted by Crippen LogP contribution is 2.29. The van der Waals surface area contributed by atoms with Crippen molar-refractivity contribution in [3.05, 3.63) is 28.4 Å². The lowest BCUT2D eigenvalue weighted by Gasteiger charge is -2.13. The van der Waals surface area contributed by atoms with Gasteiger partial charge in [0.25, 0.3) is 0 Å². The summed E-state index contributed by atoms with van der Waals surface area (Å²) in [4.78, 5) is 8.68. The molecule has 0 saturated carbocycles. The van der Waals surface area contributed by atoms with E-state index in [9.17, 15) is 0 Å². The van der Waals surface area contributed by atoms with Crippen LogP contribution in [0.15, 0.2) is 22.7 Å². The van der Waals surface area contributed by atoms with Crippen molar-refractivity contribution < 1.29 is 0 Å². The largest absolute Gasteiger partial charge is 0.368 e. The van der Waals surface area contributed by atoms with E-state index in [1.54, 1.807) is 0 Å². The van der Waals surface area contributed by atoms with Gasteiger partial charge in [0.05, 0.1) is 17.3 Å². The van der Waals surface area contributed by atoms with Crippen LogP contribution in [0.3, 0.4) is 0 Å². The van der Waals surface area contributed by atoms with Crippen molar-refractivity contribution in [2.45, 2.75) is 18.9 Å².